The number of anilines is 3. The van der Waals surface area contributed by atoms with Gasteiger partial charge in [-0.05, 0) is 38.1 Å². The molecule has 1 aliphatic rings. The van der Waals surface area contributed by atoms with E-state index < -0.39 is 10.0 Å². The van der Waals surface area contributed by atoms with E-state index >= 15 is 0 Å². The molecule has 3 heterocycles. The molecule has 0 saturated carbocycles. The van der Waals surface area contributed by atoms with Crippen LogP contribution in [0.4, 0.5) is 17.2 Å². The van der Waals surface area contributed by atoms with Crippen LogP contribution in [0.5, 0.6) is 0 Å². The number of nitrogens with zero attached hydrogens (tertiary/aromatic N) is 3. The van der Waals surface area contributed by atoms with Crippen molar-refractivity contribution in [2.75, 3.05) is 47.4 Å². The van der Waals surface area contributed by atoms with Gasteiger partial charge in [-0.25, -0.2) is 13.4 Å². The first kappa shape index (κ1) is 23.6. The van der Waals surface area contributed by atoms with Crippen molar-refractivity contribution >= 4 is 33.1 Å². The van der Waals surface area contributed by atoms with Crippen LogP contribution in [0.1, 0.15) is 24.2 Å². The zero-order valence-electron chi connectivity index (χ0n) is 19.6. The second-order valence-electron chi connectivity index (χ2n) is 8.67. The monoisotopic (exact) mass is 482 g/mol. The van der Waals surface area contributed by atoms with Gasteiger partial charge in [0.25, 0.3) is 5.91 Å². The maximum Gasteiger partial charge on any atom is 0.255 e. The molecule has 3 N–H and O–H groups in total. The summed E-state index contributed by atoms with van der Waals surface area (Å²) in [5, 5.41) is 3.44. The third kappa shape index (κ3) is 5.51. The first-order valence-corrected chi connectivity index (χ1v) is 13.1. The number of hydrogen-bond acceptors (Lipinski definition) is 6. The quantitative estimate of drug-likeness (QED) is 0.477. The van der Waals surface area contributed by atoms with Crippen molar-refractivity contribution in [2.24, 2.45) is 0 Å². The predicted octanol–water partition coefficient (Wildman–Crippen LogP) is 3.23. The summed E-state index contributed by atoms with van der Waals surface area (Å²) in [5.74, 6) is 0.847. The number of benzene rings is 1. The molecular weight excluding hydrogens is 452 g/mol. The van der Waals surface area contributed by atoms with Gasteiger partial charge in [0.1, 0.15) is 0 Å². The van der Waals surface area contributed by atoms with E-state index in [1.54, 1.807) is 30.6 Å². The Morgan fingerprint density at radius 3 is 2.47 bits per heavy atom. The lowest BCUT2D eigenvalue weighted by molar-refractivity contribution is 0.0747. The van der Waals surface area contributed by atoms with Gasteiger partial charge in [-0.3, -0.25) is 9.52 Å². The normalized spacial score (nSPS) is 14.4. The van der Waals surface area contributed by atoms with Crippen molar-refractivity contribution < 1.29 is 13.2 Å². The van der Waals surface area contributed by atoms with Crippen LogP contribution in [0.2, 0.25) is 0 Å². The number of sulfonamides is 1. The predicted molar refractivity (Wildman–Crippen MR) is 136 cm³/mol. The van der Waals surface area contributed by atoms with Crippen molar-refractivity contribution in [3.05, 3.63) is 60.4 Å². The fourth-order valence-corrected chi connectivity index (χ4v) is 4.63. The fourth-order valence-electron chi connectivity index (χ4n) is 4.06. The highest BCUT2D eigenvalue weighted by atomic mass is 32.2. The number of H-pyrrole nitrogens is 1. The maximum atomic E-state index is 13.2. The average Bonchev–Trinajstić information content (AvgIpc) is 3.28. The second-order valence-corrected chi connectivity index (χ2v) is 10.4. The summed E-state index contributed by atoms with van der Waals surface area (Å²) in [6.07, 6.45) is 4.57. The Morgan fingerprint density at radius 1 is 1.06 bits per heavy atom. The van der Waals surface area contributed by atoms with Crippen molar-refractivity contribution in [1.29, 1.82) is 0 Å². The Kier molecular flexibility index (Phi) is 6.78. The second kappa shape index (κ2) is 9.76. The Labute approximate surface area is 200 Å². The minimum atomic E-state index is -3.43. The van der Waals surface area contributed by atoms with Crippen LogP contribution in [-0.4, -0.2) is 67.7 Å². The number of hydrogen-bond donors (Lipinski definition) is 3. The van der Waals surface area contributed by atoms with E-state index in [0.717, 1.165) is 17.8 Å². The third-order valence-corrected chi connectivity index (χ3v) is 6.13. The van der Waals surface area contributed by atoms with Crippen LogP contribution < -0.4 is 14.9 Å². The topological polar surface area (TPSA) is 110 Å². The lowest BCUT2D eigenvalue weighted by Gasteiger charge is -2.36. The number of para-hydroxylation sites is 1. The highest BCUT2D eigenvalue weighted by Crippen LogP contribution is 2.29. The molecule has 3 aromatic rings. The van der Waals surface area contributed by atoms with Crippen LogP contribution in [0, 0.1) is 0 Å². The molecular formula is C24H30N6O3S. The SMILES string of the molecule is CC(C)Nc1cccnc1N1CCN(C(=O)c2c[nH]c(-c3ccccc3NS(C)(=O)=O)c2)CC1. The summed E-state index contributed by atoms with van der Waals surface area (Å²) in [6.45, 7) is 6.73. The largest absolute Gasteiger partial charge is 0.380 e. The molecule has 1 aromatic carbocycles. The number of aromatic amines is 1. The molecule has 34 heavy (non-hydrogen) atoms. The minimum absolute atomic E-state index is 0.0581. The minimum Gasteiger partial charge on any atom is -0.380 e. The molecule has 0 atom stereocenters. The lowest BCUT2D eigenvalue weighted by atomic mass is 10.1. The van der Waals surface area contributed by atoms with Crippen molar-refractivity contribution in [3.63, 3.8) is 0 Å². The van der Waals surface area contributed by atoms with Crippen LogP contribution in [0.15, 0.2) is 54.9 Å². The highest BCUT2D eigenvalue weighted by Gasteiger charge is 2.25. The Balaban J connectivity index is 1.45. The molecule has 4 rings (SSSR count). The van der Waals surface area contributed by atoms with E-state index in [-0.39, 0.29) is 5.91 Å². The van der Waals surface area contributed by atoms with Gasteiger partial charge in [-0.1, -0.05) is 18.2 Å². The molecule has 1 saturated heterocycles. The van der Waals surface area contributed by atoms with Crippen LogP contribution in [-0.2, 0) is 10.0 Å². The summed E-state index contributed by atoms with van der Waals surface area (Å²) < 4.78 is 26.0. The summed E-state index contributed by atoms with van der Waals surface area (Å²) in [7, 11) is -3.43. The van der Waals surface area contributed by atoms with Gasteiger partial charge < -0.3 is 20.1 Å². The van der Waals surface area contributed by atoms with Crippen LogP contribution in [0.3, 0.4) is 0 Å². The van der Waals surface area contributed by atoms with E-state index in [1.807, 2.05) is 29.2 Å². The van der Waals surface area contributed by atoms with Crippen LogP contribution in [0.25, 0.3) is 11.3 Å². The molecule has 1 fully saturated rings. The number of carbonyl (C=O) groups is 1. The van der Waals surface area contributed by atoms with E-state index in [1.165, 1.54) is 0 Å². The summed E-state index contributed by atoms with van der Waals surface area (Å²) in [6, 6.07) is 13.1. The van der Waals surface area contributed by atoms with E-state index in [0.29, 0.717) is 54.7 Å². The number of nitrogens with one attached hydrogen (secondary N) is 3. The zero-order chi connectivity index (χ0) is 24.3. The van der Waals surface area contributed by atoms with E-state index in [9.17, 15) is 13.2 Å². The van der Waals surface area contributed by atoms with Gasteiger partial charge >= 0.3 is 0 Å². The van der Waals surface area contributed by atoms with Gasteiger partial charge in [0.15, 0.2) is 5.82 Å². The summed E-state index contributed by atoms with van der Waals surface area (Å²) >= 11 is 0. The first-order valence-electron chi connectivity index (χ1n) is 11.2. The highest BCUT2D eigenvalue weighted by molar-refractivity contribution is 7.92. The molecule has 0 spiro atoms. The Morgan fingerprint density at radius 2 is 1.76 bits per heavy atom. The average molecular weight is 483 g/mol. The van der Waals surface area contributed by atoms with Crippen LogP contribution >= 0.6 is 0 Å². The van der Waals surface area contributed by atoms with Crippen molar-refractivity contribution in [1.82, 2.24) is 14.9 Å². The molecule has 180 valence electrons. The number of piperazine rings is 1. The molecule has 9 nitrogen and oxygen atoms in total. The number of pyridine rings is 1. The number of rotatable bonds is 7. The van der Waals surface area contributed by atoms with Crippen molar-refractivity contribution in [2.45, 2.75) is 19.9 Å². The molecule has 1 amide bonds. The molecule has 0 radical (unpaired) electrons. The van der Waals surface area contributed by atoms with E-state index in [2.05, 4.69) is 38.8 Å². The molecule has 10 heteroatoms. The molecule has 2 aromatic heterocycles. The van der Waals surface area contributed by atoms with Gasteiger partial charge in [-0.15, -0.1) is 0 Å². The fraction of sp³-hybridized carbons (Fsp3) is 0.333. The van der Waals surface area contributed by atoms with Gasteiger partial charge in [0.05, 0.1) is 23.2 Å². The Hall–Kier alpha value is -3.53. The summed E-state index contributed by atoms with van der Waals surface area (Å²) in [4.78, 5) is 24.9. The standard InChI is InChI=1S/C24H30N6O3S/c1-17(2)27-21-9-6-10-25-23(21)29-11-13-30(14-12-29)24(31)18-15-22(26-16-18)19-7-4-5-8-20(19)28-34(3,32)33/h4-10,15-17,26-28H,11-14H2,1-3H3. The van der Waals surface area contributed by atoms with Gasteiger partial charge in [0, 0.05) is 55.9 Å². The zero-order valence-corrected chi connectivity index (χ0v) is 20.4. The Bertz CT molecular complexity index is 1260. The van der Waals surface area contributed by atoms with Crippen molar-refractivity contribution in [3.8, 4) is 11.3 Å². The molecule has 0 aliphatic carbocycles. The molecule has 0 bridgehead atoms. The lowest BCUT2D eigenvalue weighted by Crippen LogP contribution is -2.49. The van der Waals surface area contributed by atoms with E-state index in [4.69, 9.17) is 0 Å². The number of carbonyl (C=O) groups excluding carboxylic acids is 1. The molecule has 0 unspecified atom stereocenters. The smallest absolute Gasteiger partial charge is 0.255 e. The third-order valence-electron chi connectivity index (χ3n) is 5.54. The molecule has 1 aliphatic heterocycles. The first-order chi connectivity index (χ1) is 16.2. The summed E-state index contributed by atoms with van der Waals surface area (Å²) in [5.41, 5.74) is 3.34. The number of aromatic nitrogens is 2. The van der Waals surface area contributed by atoms with Gasteiger partial charge in [-0.2, -0.15) is 0 Å². The van der Waals surface area contributed by atoms with Gasteiger partial charge in [0.2, 0.25) is 10.0 Å². The maximum absolute atomic E-state index is 13.2. The number of amides is 1.